The number of alkyl halides is 3. The molecule has 0 amide bonds. The first-order valence-corrected chi connectivity index (χ1v) is 5.93. The van der Waals surface area contributed by atoms with E-state index < -0.39 is 23.8 Å². The van der Waals surface area contributed by atoms with Gasteiger partial charge in [-0.1, -0.05) is 18.2 Å². The number of carboxylic acid groups (broad SMARTS) is 1. The lowest BCUT2D eigenvalue weighted by atomic mass is 10.1. The summed E-state index contributed by atoms with van der Waals surface area (Å²) in [6.45, 7) is 1.97. The first kappa shape index (κ1) is 15.5. The summed E-state index contributed by atoms with van der Waals surface area (Å²) in [5.74, 6) is -0.945. The molecule has 2 N–H and O–H groups in total. The highest BCUT2D eigenvalue weighted by Crippen LogP contribution is 2.29. The standard InChI is InChI=1S/C13H16F3NO2/c1-9(12(18)19)17-7-3-5-10-4-2-6-11(8-10)13(14,15)16/h2,4,6,8-9,17H,3,5,7H2,1H3,(H,18,19). The first-order valence-electron chi connectivity index (χ1n) is 5.93. The van der Waals surface area contributed by atoms with Gasteiger partial charge in [0, 0.05) is 0 Å². The fraction of sp³-hybridized carbons (Fsp3) is 0.462. The van der Waals surface area contributed by atoms with E-state index >= 15 is 0 Å². The van der Waals surface area contributed by atoms with Gasteiger partial charge >= 0.3 is 12.1 Å². The van der Waals surface area contributed by atoms with Crippen molar-refractivity contribution in [1.82, 2.24) is 5.32 Å². The maximum absolute atomic E-state index is 12.5. The van der Waals surface area contributed by atoms with Crippen LogP contribution in [-0.4, -0.2) is 23.7 Å². The van der Waals surface area contributed by atoms with Gasteiger partial charge in [0.2, 0.25) is 0 Å². The summed E-state index contributed by atoms with van der Waals surface area (Å²) in [7, 11) is 0. The minimum absolute atomic E-state index is 0.448. The van der Waals surface area contributed by atoms with E-state index in [4.69, 9.17) is 5.11 Å². The summed E-state index contributed by atoms with van der Waals surface area (Å²) < 4.78 is 37.4. The molecule has 1 rings (SSSR count). The molecule has 0 bridgehead atoms. The minimum atomic E-state index is -4.33. The van der Waals surface area contributed by atoms with E-state index in [1.54, 1.807) is 6.07 Å². The summed E-state index contributed by atoms with van der Waals surface area (Å²) in [6, 6.07) is 4.53. The van der Waals surface area contributed by atoms with E-state index in [9.17, 15) is 18.0 Å². The van der Waals surface area contributed by atoms with Crippen LogP contribution in [0.2, 0.25) is 0 Å². The van der Waals surface area contributed by atoms with Crippen molar-refractivity contribution in [1.29, 1.82) is 0 Å². The summed E-state index contributed by atoms with van der Waals surface area (Å²) in [5, 5.41) is 11.4. The van der Waals surface area contributed by atoms with Crippen LogP contribution in [-0.2, 0) is 17.4 Å². The van der Waals surface area contributed by atoms with Gasteiger partial charge in [-0.3, -0.25) is 4.79 Å². The summed E-state index contributed by atoms with van der Waals surface area (Å²) in [5.41, 5.74) is -0.0588. The molecule has 0 spiro atoms. The largest absolute Gasteiger partial charge is 0.480 e. The smallest absolute Gasteiger partial charge is 0.416 e. The van der Waals surface area contributed by atoms with Crippen molar-refractivity contribution in [3.05, 3.63) is 35.4 Å². The number of carbonyl (C=O) groups is 1. The normalized spacial score (nSPS) is 13.3. The number of aryl methyl sites for hydroxylation is 1. The van der Waals surface area contributed by atoms with Crippen molar-refractivity contribution in [3.8, 4) is 0 Å². The molecule has 0 aliphatic rings. The molecular formula is C13H16F3NO2. The van der Waals surface area contributed by atoms with Crippen LogP contribution in [0.15, 0.2) is 24.3 Å². The number of nitrogens with one attached hydrogen (secondary N) is 1. The Labute approximate surface area is 109 Å². The number of hydrogen-bond acceptors (Lipinski definition) is 2. The highest BCUT2D eigenvalue weighted by atomic mass is 19.4. The van der Waals surface area contributed by atoms with Crippen LogP contribution < -0.4 is 5.32 Å². The van der Waals surface area contributed by atoms with Crippen molar-refractivity contribution >= 4 is 5.97 Å². The van der Waals surface area contributed by atoms with E-state index in [0.29, 0.717) is 24.9 Å². The van der Waals surface area contributed by atoms with Crippen molar-refractivity contribution in [3.63, 3.8) is 0 Å². The van der Waals surface area contributed by atoms with Gasteiger partial charge in [-0.2, -0.15) is 13.2 Å². The summed E-state index contributed by atoms with van der Waals surface area (Å²) >= 11 is 0. The monoisotopic (exact) mass is 275 g/mol. The molecule has 0 aliphatic heterocycles. The molecular weight excluding hydrogens is 259 g/mol. The van der Waals surface area contributed by atoms with Gasteiger partial charge in [-0.25, -0.2) is 0 Å². The van der Waals surface area contributed by atoms with E-state index in [2.05, 4.69) is 5.32 Å². The third kappa shape index (κ3) is 5.30. The average molecular weight is 275 g/mol. The number of rotatable bonds is 6. The van der Waals surface area contributed by atoms with Crippen molar-refractivity contribution in [2.24, 2.45) is 0 Å². The maximum atomic E-state index is 12.5. The zero-order valence-corrected chi connectivity index (χ0v) is 10.5. The SMILES string of the molecule is CC(NCCCc1cccc(C(F)(F)F)c1)C(=O)O. The number of benzene rings is 1. The molecule has 106 valence electrons. The van der Waals surface area contributed by atoms with Crippen molar-refractivity contribution < 1.29 is 23.1 Å². The van der Waals surface area contributed by atoms with Gasteiger partial charge in [0.05, 0.1) is 5.56 Å². The third-order valence-electron chi connectivity index (χ3n) is 2.72. The molecule has 0 fully saturated rings. The Kier molecular flexibility index (Phi) is 5.35. The van der Waals surface area contributed by atoms with Gasteiger partial charge in [-0.15, -0.1) is 0 Å². The molecule has 0 aromatic heterocycles. The minimum Gasteiger partial charge on any atom is -0.480 e. The number of halogens is 3. The molecule has 0 aliphatic carbocycles. The fourth-order valence-electron chi connectivity index (χ4n) is 1.60. The molecule has 0 heterocycles. The Morgan fingerprint density at radius 1 is 1.42 bits per heavy atom. The second-order valence-electron chi connectivity index (χ2n) is 4.32. The second-order valence-corrected chi connectivity index (χ2v) is 4.32. The molecule has 19 heavy (non-hydrogen) atoms. The van der Waals surface area contributed by atoms with Crippen LogP contribution in [0.3, 0.4) is 0 Å². The first-order chi connectivity index (χ1) is 8.80. The van der Waals surface area contributed by atoms with Gasteiger partial charge < -0.3 is 10.4 Å². The highest BCUT2D eigenvalue weighted by molar-refractivity contribution is 5.72. The molecule has 1 atom stereocenters. The molecule has 1 unspecified atom stereocenters. The maximum Gasteiger partial charge on any atom is 0.416 e. The Hall–Kier alpha value is -1.56. The third-order valence-corrected chi connectivity index (χ3v) is 2.72. The molecule has 0 saturated heterocycles. The Morgan fingerprint density at radius 2 is 2.11 bits per heavy atom. The Morgan fingerprint density at radius 3 is 2.68 bits per heavy atom. The lowest BCUT2D eigenvalue weighted by Gasteiger charge is -2.10. The van der Waals surface area contributed by atoms with Crippen LogP contribution in [0, 0.1) is 0 Å². The zero-order valence-electron chi connectivity index (χ0n) is 10.5. The highest BCUT2D eigenvalue weighted by Gasteiger charge is 2.30. The molecule has 0 radical (unpaired) electrons. The number of hydrogen-bond donors (Lipinski definition) is 2. The van der Waals surface area contributed by atoms with E-state index in [-0.39, 0.29) is 0 Å². The fourth-order valence-corrected chi connectivity index (χ4v) is 1.60. The topological polar surface area (TPSA) is 49.3 Å². The van der Waals surface area contributed by atoms with Crippen molar-refractivity contribution in [2.45, 2.75) is 32.0 Å². The second kappa shape index (κ2) is 6.56. The van der Waals surface area contributed by atoms with Gasteiger partial charge in [-0.05, 0) is 37.9 Å². The number of aliphatic carboxylic acids is 1. The van der Waals surface area contributed by atoms with Crippen LogP contribution >= 0.6 is 0 Å². The van der Waals surface area contributed by atoms with E-state index in [1.807, 2.05) is 0 Å². The zero-order chi connectivity index (χ0) is 14.5. The van der Waals surface area contributed by atoms with E-state index in [0.717, 1.165) is 12.1 Å². The van der Waals surface area contributed by atoms with Gasteiger partial charge in [0.1, 0.15) is 6.04 Å². The quantitative estimate of drug-likeness (QED) is 0.785. The van der Waals surface area contributed by atoms with Crippen LogP contribution in [0.4, 0.5) is 13.2 Å². The number of carboxylic acids is 1. The molecule has 6 heteroatoms. The Balaban J connectivity index is 2.44. The lowest BCUT2D eigenvalue weighted by Crippen LogP contribution is -2.34. The lowest BCUT2D eigenvalue weighted by molar-refractivity contribution is -0.139. The van der Waals surface area contributed by atoms with E-state index in [1.165, 1.54) is 13.0 Å². The molecule has 1 aromatic carbocycles. The van der Waals surface area contributed by atoms with Crippen LogP contribution in [0.1, 0.15) is 24.5 Å². The molecule has 0 saturated carbocycles. The van der Waals surface area contributed by atoms with Crippen molar-refractivity contribution in [2.75, 3.05) is 6.54 Å². The predicted molar refractivity (Wildman–Crippen MR) is 64.9 cm³/mol. The Bertz CT molecular complexity index is 432. The molecule has 3 nitrogen and oxygen atoms in total. The van der Waals surface area contributed by atoms with Crippen LogP contribution in [0.5, 0.6) is 0 Å². The summed E-state index contributed by atoms with van der Waals surface area (Å²) in [4.78, 5) is 10.5. The predicted octanol–water partition coefficient (Wildman–Crippen LogP) is 2.70. The average Bonchev–Trinajstić information content (AvgIpc) is 2.33. The molecule has 1 aromatic rings. The van der Waals surface area contributed by atoms with Crippen LogP contribution in [0.25, 0.3) is 0 Å². The van der Waals surface area contributed by atoms with Gasteiger partial charge in [0.15, 0.2) is 0 Å². The summed E-state index contributed by atoms with van der Waals surface area (Å²) in [6.07, 6.45) is -3.27. The van der Waals surface area contributed by atoms with Gasteiger partial charge in [0.25, 0.3) is 0 Å².